The van der Waals surface area contributed by atoms with Crippen LogP contribution in [-0.4, -0.2) is 11.9 Å². The van der Waals surface area contributed by atoms with E-state index < -0.39 is 17.9 Å². The Morgan fingerprint density at radius 2 is 1.27 bits per heavy atom. The number of hydrogen-bond donors (Lipinski definition) is 0. The molecule has 0 heterocycles. The zero-order valence-corrected chi connectivity index (χ0v) is 20.6. The second-order valence-electron chi connectivity index (χ2n) is 7.37. The predicted molar refractivity (Wildman–Crippen MR) is 130 cm³/mol. The van der Waals surface area contributed by atoms with Gasteiger partial charge in [0.05, 0.1) is 15.1 Å². The minimum Gasteiger partial charge on any atom is -0.426 e. The minimum atomic E-state index is -1.42. The number of ether oxygens (including phenoxy) is 2. The Hall–Kier alpha value is -1.95. The summed E-state index contributed by atoms with van der Waals surface area (Å²) in [6.45, 7) is 0. The minimum absolute atomic E-state index is 0.0799. The summed E-state index contributed by atoms with van der Waals surface area (Å²) in [6.07, 6.45) is 2.97. The van der Waals surface area contributed by atoms with Gasteiger partial charge in [0.15, 0.2) is 11.7 Å². The van der Waals surface area contributed by atoms with Gasteiger partial charge in [0.1, 0.15) is 15.8 Å². The molecule has 0 radical (unpaired) electrons. The molecule has 0 saturated heterocycles. The molecule has 0 spiro atoms. The molecule has 4 nitrogen and oxygen atoms in total. The molecule has 0 aliphatic heterocycles. The van der Waals surface area contributed by atoms with Gasteiger partial charge >= 0.3 is 11.9 Å². The van der Waals surface area contributed by atoms with Crippen molar-refractivity contribution in [2.45, 2.75) is 25.2 Å². The zero-order valence-electron chi connectivity index (χ0n) is 16.8. The Morgan fingerprint density at radius 1 is 0.697 bits per heavy atom. The first-order valence-electron chi connectivity index (χ1n) is 9.89. The van der Waals surface area contributed by atoms with E-state index in [1.54, 1.807) is 36.4 Å². The molecule has 0 bridgehead atoms. The molecule has 170 valence electrons. The monoisotopic (exact) mass is 542 g/mol. The summed E-state index contributed by atoms with van der Waals surface area (Å²) in [5.74, 6) is -3.15. The van der Waals surface area contributed by atoms with Gasteiger partial charge in [-0.3, -0.25) is 9.59 Å². The fraction of sp³-hybridized carbons (Fsp3) is 0.167. The maximum atomic E-state index is 13.2. The lowest BCUT2D eigenvalue weighted by atomic mass is 9.99. The van der Waals surface area contributed by atoms with Crippen molar-refractivity contribution in [3.05, 3.63) is 90.3 Å². The first kappa shape index (κ1) is 24.2. The molecular formula is C24H15Cl5O4. The topological polar surface area (TPSA) is 52.6 Å². The van der Waals surface area contributed by atoms with Crippen LogP contribution in [0.4, 0.5) is 0 Å². The molecule has 33 heavy (non-hydrogen) atoms. The summed E-state index contributed by atoms with van der Waals surface area (Å²) < 4.78 is 11.0. The van der Waals surface area contributed by atoms with Gasteiger partial charge in [0.2, 0.25) is 0 Å². The van der Waals surface area contributed by atoms with Gasteiger partial charge < -0.3 is 9.47 Å². The molecule has 0 aromatic heterocycles. The van der Waals surface area contributed by atoms with Crippen LogP contribution in [-0.2, 0) is 22.4 Å². The molecular weight excluding hydrogens is 530 g/mol. The lowest BCUT2D eigenvalue weighted by Gasteiger charge is -2.18. The van der Waals surface area contributed by atoms with Crippen LogP contribution in [0.3, 0.4) is 0 Å². The molecule has 0 saturated carbocycles. The van der Waals surface area contributed by atoms with Crippen molar-refractivity contribution in [3.63, 3.8) is 0 Å². The predicted octanol–water partition coefficient (Wildman–Crippen LogP) is 7.74. The van der Waals surface area contributed by atoms with E-state index in [0.29, 0.717) is 11.3 Å². The molecule has 4 rings (SSSR count). The van der Waals surface area contributed by atoms with Gasteiger partial charge in [-0.2, -0.15) is 0 Å². The SMILES string of the molecule is O=C(Oc1ccc2c(c1)CCC2)C(C(=O)Oc1c(Cl)c(Cl)c(Cl)c(Cl)c1Cl)c1ccccc1. The van der Waals surface area contributed by atoms with Crippen molar-refractivity contribution in [1.82, 2.24) is 0 Å². The van der Waals surface area contributed by atoms with Gasteiger partial charge in [-0.25, -0.2) is 0 Å². The first-order valence-corrected chi connectivity index (χ1v) is 11.8. The van der Waals surface area contributed by atoms with E-state index in [-0.39, 0.29) is 30.9 Å². The number of rotatable bonds is 5. The van der Waals surface area contributed by atoms with Gasteiger partial charge in [-0.05, 0) is 48.1 Å². The Kier molecular flexibility index (Phi) is 7.42. The summed E-state index contributed by atoms with van der Waals surface area (Å²) in [5, 5.41) is -0.754. The number of benzene rings is 3. The molecule has 0 fully saturated rings. The Labute approximate surface area is 215 Å². The number of esters is 2. The van der Waals surface area contributed by atoms with Crippen LogP contribution in [0.5, 0.6) is 11.5 Å². The third-order valence-electron chi connectivity index (χ3n) is 5.26. The van der Waals surface area contributed by atoms with E-state index in [1.807, 2.05) is 12.1 Å². The number of carbonyl (C=O) groups is 2. The van der Waals surface area contributed by atoms with Crippen LogP contribution in [0.2, 0.25) is 25.1 Å². The number of fused-ring (bicyclic) bond motifs is 1. The Morgan fingerprint density at radius 3 is 1.94 bits per heavy atom. The summed E-state index contributed by atoms with van der Waals surface area (Å²) in [4.78, 5) is 26.3. The molecule has 1 aliphatic carbocycles. The molecule has 0 amide bonds. The summed E-state index contributed by atoms with van der Waals surface area (Å²) in [5.41, 5.74) is 2.73. The van der Waals surface area contributed by atoms with Gasteiger partial charge in [0.25, 0.3) is 0 Å². The molecule has 1 aliphatic rings. The largest absolute Gasteiger partial charge is 0.426 e. The van der Waals surface area contributed by atoms with Gasteiger partial charge in [-0.15, -0.1) is 0 Å². The summed E-state index contributed by atoms with van der Waals surface area (Å²) in [7, 11) is 0. The van der Waals surface area contributed by atoms with Crippen LogP contribution in [0, 0.1) is 0 Å². The lowest BCUT2D eigenvalue weighted by molar-refractivity contribution is -0.147. The highest BCUT2D eigenvalue weighted by atomic mass is 35.5. The Balaban J connectivity index is 1.66. The zero-order chi connectivity index (χ0) is 23.7. The van der Waals surface area contributed by atoms with Crippen LogP contribution in [0.1, 0.15) is 29.0 Å². The summed E-state index contributed by atoms with van der Waals surface area (Å²) in [6, 6.07) is 13.8. The molecule has 0 N–H and O–H groups in total. The van der Waals surface area contributed by atoms with E-state index in [0.717, 1.165) is 24.8 Å². The van der Waals surface area contributed by atoms with Crippen molar-refractivity contribution >= 4 is 69.9 Å². The molecule has 9 heteroatoms. The van der Waals surface area contributed by atoms with Gasteiger partial charge in [0, 0.05) is 0 Å². The van der Waals surface area contributed by atoms with E-state index in [2.05, 4.69) is 0 Å². The number of carbonyl (C=O) groups excluding carboxylic acids is 2. The fourth-order valence-electron chi connectivity index (χ4n) is 3.63. The Bertz CT molecular complexity index is 1210. The molecule has 3 aromatic carbocycles. The average Bonchev–Trinajstić information content (AvgIpc) is 3.28. The van der Waals surface area contributed by atoms with Crippen molar-refractivity contribution < 1.29 is 19.1 Å². The van der Waals surface area contributed by atoms with Crippen molar-refractivity contribution in [3.8, 4) is 11.5 Å². The van der Waals surface area contributed by atoms with Crippen LogP contribution in [0.25, 0.3) is 0 Å². The normalized spacial score (nSPS) is 13.4. The fourth-order valence-corrected chi connectivity index (χ4v) is 4.83. The smallest absolute Gasteiger partial charge is 0.330 e. The second kappa shape index (κ2) is 10.1. The van der Waals surface area contributed by atoms with E-state index >= 15 is 0 Å². The van der Waals surface area contributed by atoms with Crippen molar-refractivity contribution in [1.29, 1.82) is 0 Å². The lowest BCUT2D eigenvalue weighted by Crippen LogP contribution is -2.30. The standard InChI is InChI=1S/C24H15Cl5O4/c25-17-18(26)20(28)22(21(29)19(17)27)33-24(31)16(13-5-2-1-3-6-13)23(30)32-15-10-9-12-7-4-8-14(12)11-15/h1-3,5-6,9-11,16H,4,7-8H2. The molecule has 1 unspecified atom stereocenters. The van der Waals surface area contributed by atoms with E-state index in [9.17, 15) is 9.59 Å². The third-order valence-corrected chi connectivity index (χ3v) is 7.51. The number of hydrogen-bond acceptors (Lipinski definition) is 4. The highest BCUT2D eigenvalue weighted by Gasteiger charge is 2.34. The quantitative estimate of drug-likeness (QED) is 0.108. The average molecular weight is 545 g/mol. The highest BCUT2D eigenvalue weighted by molar-refractivity contribution is 6.55. The first-order chi connectivity index (χ1) is 15.8. The van der Waals surface area contributed by atoms with Crippen molar-refractivity contribution in [2.75, 3.05) is 0 Å². The van der Waals surface area contributed by atoms with Crippen LogP contribution < -0.4 is 9.47 Å². The van der Waals surface area contributed by atoms with Crippen LogP contribution in [0.15, 0.2) is 48.5 Å². The van der Waals surface area contributed by atoms with Crippen LogP contribution >= 0.6 is 58.0 Å². The number of halogens is 5. The van der Waals surface area contributed by atoms with Crippen molar-refractivity contribution in [2.24, 2.45) is 0 Å². The molecule has 3 aromatic rings. The van der Waals surface area contributed by atoms with E-state index in [4.69, 9.17) is 67.5 Å². The van der Waals surface area contributed by atoms with Gasteiger partial charge in [-0.1, -0.05) is 94.4 Å². The number of aryl methyl sites for hydroxylation is 2. The second-order valence-corrected chi connectivity index (χ2v) is 9.26. The molecule has 1 atom stereocenters. The van der Waals surface area contributed by atoms with E-state index in [1.165, 1.54) is 5.56 Å². The third kappa shape index (κ3) is 4.96. The highest BCUT2D eigenvalue weighted by Crippen LogP contribution is 2.48. The maximum Gasteiger partial charge on any atom is 0.330 e. The maximum absolute atomic E-state index is 13.2. The summed E-state index contributed by atoms with van der Waals surface area (Å²) >= 11 is 30.5.